The van der Waals surface area contributed by atoms with Crippen molar-refractivity contribution in [2.45, 2.75) is 31.2 Å². The minimum atomic E-state index is -0.267. The monoisotopic (exact) mass is 408 g/mol. The van der Waals surface area contributed by atoms with Crippen molar-refractivity contribution in [1.29, 1.82) is 10.5 Å². The Balaban J connectivity index is 1.90. The Labute approximate surface area is 160 Å². The number of hydrogen-bond acceptors (Lipinski definition) is 5. The molecule has 2 aromatic rings. The van der Waals surface area contributed by atoms with Crippen LogP contribution in [0, 0.1) is 22.7 Å². The minimum absolute atomic E-state index is 0.121. The van der Waals surface area contributed by atoms with Crippen LogP contribution >= 0.6 is 15.9 Å². The van der Waals surface area contributed by atoms with E-state index in [0.717, 1.165) is 52.9 Å². The molecule has 7 heteroatoms. The van der Waals surface area contributed by atoms with Gasteiger partial charge in [-0.05, 0) is 46.9 Å². The molecule has 1 fully saturated rings. The van der Waals surface area contributed by atoms with Crippen LogP contribution in [0.5, 0.6) is 0 Å². The number of H-pyrrole nitrogens is 1. The number of allylic oxidation sites excluding steroid dienone is 1. The number of nitrogens with one attached hydrogen (secondary N) is 3. The van der Waals surface area contributed by atoms with Gasteiger partial charge < -0.3 is 10.6 Å². The third-order valence-electron chi connectivity index (χ3n) is 5.06. The third-order valence-corrected chi connectivity index (χ3v) is 5.94. The second kappa shape index (κ2) is 6.95. The largest absolute Gasteiger partial charge is 0.342 e. The zero-order valence-corrected chi connectivity index (χ0v) is 15.6. The van der Waals surface area contributed by atoms with E-state index >= 15 is 0 Å². The SMILES string of the molecule is N#CC1=C(C2CCCCN2)Nc2[nH]ncc2C1c1cccc(C#N)c1Br. The van der Waals surface area contributed by atoms with Gasteiger partial charge in [-0.15, -0.1) is 0 Å². The predicted octanol–water partition coefficient (Wildman–Crippen LogP) is 3.52. The average molecular weight is 409 g/mol. The highest BCUT2D eigenvalue weighted by atomic mass is 79.9. The van der Waals surface area contributed by atoms with E-state index in [1.807, 2.05) is 12.1 Å². The first-order valence-electron chi connectivity index (χ1n) is 8.61. The van der Waals surface area contributed by atoms with E-state index in [1.54, 1.807) is 12.3 Å². The smallest absolute Gasteiger partial charge is 0.129 e. The second-order valence-corrected chi connectivity index (χ2v) is 7.31. The molecule has 4 rings (SSSR count). The minimum Gasteiger partial charge on any atom is -0.342 e. The van der Waals surface area contributed by atoms with E-state index in [0.29, 0.717) is 11.1 Å². The van der Waals surface area contributed by atoms with E-state index < -0.39 is 0 Å². The van der Waals surface area contributed by atoms with Crippen LogP contribution in [0.25, 0.3) is 0 Å². The summed E-state index contributed by atoms with van der Waals surface area (Å²) in [6.45, 7) is 0.947. The van der Waals surface area contributed by atoms with Gasteiger partial charge in [-0.1, -0.05) is 18.6 Å². The second-order valence-electron chi connectivity index (χ2n) is 6.52. The Hall–Kier alpha value is -2.61. The highest BCUT2D eigenvalue weighted by molar-refractivity contribution is 9.10. The van der Waals surface area contributed by atoms with Crippen LogP contribution in [0.3, 0.4) is 0 Å². The molecular weight excluding hydrogens is 392 g/mol. The van der Waals surface area contributed by atoms with E-state index in [4.69, 9.17) is 0 Å². The van der Waals surface area contributed by atoms with Crippen LogP contribution in [0.2, 0.25) is 0 Å². The van der Waals surface area contributed by atoms with Gasteiger partial charge in [-0.3, -0.25) is 5.10 Å². The average Bonchev–Trinajstić information content (AvgIpc) is 3.16. The van der Waals surface area contributed by atoms with Crippen LogP contribution < -0.4 is 10.6 Å². The van der Waals surface area contributed by atoms with Gasteiger partial charge in [-0.2, -0.15) is 15.6 Å². The molecule has 0 aliphatic carbocycles. The van der Waals surface area contributed by atoms with Crippen LogP contribution in [0.15, 0.2) is 40.1 Å². The Morgan fingerprint density at radius 2 is 2.04 bits per heavy atom. The number of anilines is 1. The highest BCUT2D eigenvalue weighted by Gasteiger charge is 2.35. The zero-order valence-electron chi connectivity index (χ0n) is 14.0. The molecule has 26 heavy (non-hydrogen) atoms. The molecule has 0 amide bonds. The lowest BCUT2D eigenvalue weighted by molar-refractivity contribution is 0.438. The van der Waals surface area contributed by atoms with Gasteiger partial charge in [0.25, 0.3) is 0 Å². The number of piperidine rings is 1. The summed E-state index contributed by atoms with van der Waals surface area (Å²) >= 11 is 3.57. The number of nitrogens with zero attached hydrogens (tertiary/aromatic N) is 3. The summed E-state index contributed by atoms with van der Waals surface area (Å²) in [7, 11) is 0. The summed E-state index contributed by atoms with van der Waals surface area (Å²) in [6, 6.07) is 10.3. The van der Waals surface area contributed by atoms with Crippen molar-refractivity contribution >= 4 is 21.7 Å². The molecule has 3 heterocycles. The molecule has 3 N–H and O–H groups in total. The van der Waals surface area contributed by atoms with E-state index in [-0.39, 0.29) is 12.0 Å². The van der Waals surface area contributed by atoms with Crippen LogP contribution in [0.4, 0.5) is 5.82 Å². The van der Waals surface area contributed by atoms with Gasteiger partial charge in [0, 0.05) is 21.8 Å². The van der Waals surface area contributed by atoms with Crippen LogP contribution in [-0.2, 0) is 0 Å². The number of rotatable bonds is 2. The summed E-state index contributed by atoms with van der Waals surface area (Å²) in [5.74, 6) is 0.544. The number of halogens is 1. The van der Waals surface area contributed by atoms with Crippen molar-refractivity contribution < 1.29 is 0 Å². The van der Waals surface area contributed by atoms with Crippen molar-refractivity contribution in [2.24, 2.45) is 0 Å². The molecule has 1 aromatic heterocycles. The normalized spacial score (nSPS) is 22.1. The van der Waals surface area contributed by atoms with Gasteiger partial charge in [-0.25, -0.2) is 0 Å². The third kappa shape index (κ3) is 2.70. The van der Waals surface area contributed by atoms with E-state index in [1.165, 1.54) is 0 Å². The molecule has 130 valence electrons. The van der Waals surface area contributed by atoms with Crippen molar-refractivity contribution in [2.75, 3.05) is 11.9 Å². The fourth-order valence-corrected chi connectivity index (χ4v) is 4.39. The predicted molar refractivity (Wildman–Crippen MR) is 101 cm³/mol. The molecule has 1 aromatic carbocycles. The lowest BCUT2D eigenvalue weighted by atomic mass is 9.81. The summed E-state index contributed by atoms with van der Waals surface area (Å²) in [5.41, 5.74) is 3.95. The first kappa shape index (κ1) is 16.8. The first-order chi connectivity index (χ1) is 12.7. The molecule has 2 aliphatic heterocycles. The van der Waals surface area contributed by atoms with Crippen molar-refractivity contribution in [3.8, 4) is 12.1 Å². The lowest BCUT2D eigenvalue weighted by Crippen LogP contribution is -2.40. The molecule has 0 bridgehead atoms. The summed E-state index contributed by atoms with van der Waals surface area (Å²) in [4.78, 5) is 0. The first-order valence-corrected chi connectivity index (χ1v) is 9.40. The van der Waals surface area contributed by atoms with Gasteiger partial charge in [0.2, 0.25) is 0 Å². The standard InChI is InChI=1S/C19H17BrN6/c20-17-11(8-21)4-3-5-12(17)16-13(9-22)18(15-6-1-2-7-23-15)25-19-14(16)10-24-26-19/h3-5,10,15-16,23H,1-2,6-7H2,(H2,24,25,26). The number of fused-ring (bicyclic) bond motifs is 1. The molecular formula is C19H17BrN6. The number of hydrogen-bond donors (Lipinski definition) is 3. The maximum atomic E-state index is 10.0. The van der Waals surface area contributed by atoms with E-state index in [2.05, 4.69) is 48.9 Å². The van der Waals surface area contributed by atoms with Gasteiger partial charge >= 0.3 is 0 Å². The van der Waals surface area contributed by atoms with Gasteiger partial charge in [0.15, 0.2) is 0 Å². The summed E-state index contributed by atoms with van der Waals surface area (Å²) in [5, 5.41) is 33.5. The zero-order chi connectivity index (χ0) is 18.1. The quantitative estimate of drug-likeness (QED) is 0.705. The number of benzene rings is 1. The molecule has 0 spiro atoms. The Morgan fingerprint density at radius 1 is 1.15 bits per heavy atom. The summed E-state index contributed by atoms with van der Waals surface area (Å²) in [6.07, 6.45) is 5.03. The van der Waals surface area contributed by atoms with Crippen molar-refractivity contribution in [3.05, 3.63) is 56.8 Å². The molecule has 0 radical (unpaired) electrons. The van der Waals surface area contributed by atoms with E-state index in [9.17, 15) is 10.5 Å². The summed E-state index contributed by atoms with van der Waals surface area (Å²) < 4.78 is 0.727. The molecule has 2 unspecified atom stereocenters. The van der Waals surface area contributed by atoms with Crippen molar-refractivity contribution in [3.63, 3.8) is 0 Å². The van der Waals surface area contributed by atoms with Crippen LogP contribution in [0.1, 0.15) is 41.9 Å². The molecule has 2 aliphatic rings. The number of aromatic nitrogens is 2. The van der Waals surface area contributed by atoms with Gasteiger partial charge in [0.05, 0.1) is 29.3 Å². The number of aromatic amines is 1. The Morgan fingerprint density at radius 3 is 2.77 bits per heavy atom. The molecule has 0 saturated carbocycles. The number of nitriles is 2. The molecule has 6 nitrogen and oxygen atoms in total. The topological polar surface area (TPSA) is 100 Å². The maximum Gasteiger partial charge on any atom is 0.129 e. The maximum absolute atomic E-state index is 10.0. The Kier molecular flexibility index (Phi) is 4.50. The molecule has 1 saturated heterocycles. The van der Waals surface area contributed by atoms with Crippen molar-refractivity contribution in [1.82, 2.24) is 15.5 Å². The fraction of sp³-hybridized carbons (Fsp3) is 0.316. The lowest BCUT2D eigenvalue weighted by Gasteiger charge is -2.33. The molecule has 2 atom stereocenters. The fourth-order valence-electron chi connectivity index (χ4n) is 3.81. The van der Waals surface area contributed by atoms with Gasteiger partial charge in [0.1, 0.15) is 11.9 Å². The van der Waals surface area contributed by atoms with Crippen LogP contribution in [-0.4, -0.2) is 22.8 Å². The highest BCUT2D eigenvalue weighted by Crippen LogP contribution is 2.44. The Bertz CT molecular complexity index is 955.